The smallest absolute Gasteiger partial charge is 0.167 e. The zero-order valence-corrected chi connectivity index (χ0v) is 39.8. The van der Waals surface area contributed by atoms with Gasteiger partial charge in [-0.2, -0.15) is 0 Å². The van der Waals surface area contributed by atoms with Gasteiger partial charge in [0.25, 0.3) is 0 Å². The number of hydrogen-bond acceptors (Lipinski definition) is 5. The molecule has 4 fully saturated rings. The molecule has 0 spiro atoms. The van der Waals surface area contributed by atoms with E-state index in [-0.39, 0.29) is 0 Å². The SMILES string of the molecule is c1ccc(-c2cccc(-c3cc(-c4ccccc4)cc(-c4nc(-c5cccc6c5oc5ccccc56)nc(-c5ccc(-c6ccc(C78CC9CC(CC(C9)C7)C8)cc6)c6c5oc5ccccc56)n4)c3)c2)cc1. The summed E-state index contributed by atoms with van der Waals surface area (Å²) in [5.41, 5.74) is 16.4. The molecule has 72 heavy (non-hydrogen) atoms. The van der Waals surface area contributed by atoms with Gasteiger partial charge in [-0.05, 0) is 160 Å². The highest BCUT2D eigenvalue weighted by Gasteiger charge is 2.51. The van der Waals surface area contributed by atoms with Crippen LogP contribution in [0.15, 0.2) is 215 Å². The lowest BCUT2D eigenvalue weighted by atomic mass is 9.48. The minimum atomic E-state index is 0.336. The number of nitrogens with zero attached hydrogens (tertiary/aromatic N) is 3. The largest absolute Gasteiger partial charge is 0.455 e. The zero-order valence-electron chi connectivity index (χ0n) is 39.8. The Kier molecular flexibility index (Phi) is 9.38. The number of rotatable bonds is 8. The van der Waals surface area contributed by atoms with Crippen LogP contribution in [-0.4, -0.2) is 15.0 Å². The van der Waals surface area contributed by atoms with Crippen molar-refractivity contribution < 1.29 is 8.83 Å². The van der Waals surface area contributed by atoms with Crippen LogP contribution >= 0.6 is 0 Å². The third-order valence-electron chi connectivity index (χ3n) is 16.5. The van der Waals surface area contributed by atoms with Crippen LogP contribution in [0.3, 0.4) is 0 Å². The Morgan fingerprint density at radius 2 is 0.806 bits per heavy atom. The average molecular weight is 928 g/mol. The van der Waals surface area contributed by atoms with Gasteiger partial charge in [0.05, 0.1) is 11.1 Å². The van der Waals surface area contributed by atoms with Crippen molar-refractivity contribution in [3.05, 3.63) is 212 Å². The van der Waals surface area contributed by atoms with Gasteiger partial charge in [-0.1, -0.05) is 158 Å². The molecular formula is C67H49N3O2. The van der Waals surface area contributed by atoms with Crippen LogP contribution in [0.4, 0.5) is 0 Å². The van der Waals surface area contributed by atoms with E-state index in [1.54, 1.807) is 0 Å². The number of benzene rings is 9. The minimum absolute atomic E-state index is 0.336. The van der Waals surface area contributed by atoms with Gasteiger partial charge in [0.2, 0.25) is 0 Å². The number of fused-ring (bicyclic) bond motifs is 6. The molecule has 4 aliphatic rings. The molecule has 3 aromatic heterocycles. The van der Waals surface area contributed by atoms with Crippen LogP contribution in [-0.2, 0) is 5.41 Å². The standard InChI is InChI=1S/C67H49N3O2/c1-3-13-44(14-4-1)47-17-11-18-48(34-47)50-35-49(45-15-5-2-6-16-45)36-51(37-50)64-68-65(57-22-12-21-55-54-19-7-9-23-59(54)71-62(55)57)70-66(69-64)58-30-29-53(61-56-20-8-10-24-60(56)72-63(58)61)46-25-27-52(28-26-46)67-38-41-31-42(39-67)33-43(32-41)40-67/h1-30,34-37,41-43H,31-33,38-40H2. The normalized spacial score (nSPS) is 19.2. The molecule has 0 unspecified atom stereocenters. The second-order valence-corrected chi connectivity index (χ2v) is 20.9. The van der Waals surface area contributed by atoms with Crippen molar-refractivity contribution in [3.8, 4) is 78.7 Å². The second kappa shape index (κ2) is 16.3. The summed E-state index contributed by atoms with van der Waals surface area (Å²) in [6.07, 6.45) is 8.39. The van der Waals surface area contributed by atoms with E-state index in [1.807, 2.05) is 18.2 Å². The van der Waals surface area contributed by atoms with Gasteiger partial charge in [-0.15, -0.1) is 0 Å². The Hall–Kier alpha value is -8.41. The molecule has 0 N–H and O–H groups in total. The van der Waals surface area contributed by atoms with Crippen molar-refractivity contribution in [1.29, 1.82) is 0 Å². The Labute approximate surface area is 417 Å². The van der Waals surface area contributed by atoms with Crippen molar-refractivity contribution in [2.45, 2.75) is 43.9 Å². The molecule has 3 heterocycles. The van der Waals surface area contributed by atoms with Gasteiger partial charge < -0.3 is 8.83 Å². The Morgan fingerprint density at radius 3 is 1.50 bits per heavy atom. The molecule has 12 aromatic rings. The number of aromatic nitrogens is 3. The Balaban J connectivity index is 0.930. The molecule has 4 saturated carbocycles. The molecule has 4 aliphatic carbocycles. The summed E-state index contributed by atoms with van der Waals surface area (Å²) >= 11 is 0. The molecule has 0 saturated heterocycles. The van der Waals surface area contributed by atoms with E-state index >= 15 is 0 Å². The fraction of sp³-hybridized carbons (Fsp3) is 0.149. The summed E-state index contributed by atoms with van der Waals surface area (Å²) in [6, 6.07) is 73.4. The third kappa shape index (κ3) is 6.86. The maximum absolute atomic E-state index is 6.97. The number of furan rings is 2. The van der Waals surface area contributed by atoms with Crippen molar-refractivity contribution in [2.24, 2.45) is 17.8 Å². The van der Waals surface area contributed by atoms with Gasteiger partial charge in [0.1, 0.15) is 22.3 Å². The third-order valence-corrected chi connectivity index (χ3v) is 16.5. The topological polar surface area (TPSA) is 65.0 Å². The van der Waals surface area contributed by atoms with Gasteiger partial charge in [-0.25, -0.2) is 15.0 Å². The van der Waals surface area contributed by atoms with Gasteiger partial charge in [0, 0.05) is 27.1 Å². The van der Waals surface area contributed by atoms with Gasteiger partial charge in [-0.3, -0.25) is 0 Å². The maximum Gasteiger partial charge on any atom is 0.167 e. The van der Waals surface area contributed by atoms with E-state index in [4.69, 9.17) is 23.8 Å². The number of hydrogen-bond donors (Lipinski definition) is 0. The first kappa shape index (κ1) is 41.4. The molecule has 16 rings (SSSR count). The summed E-state index contributed by atoms with van der Waals surface area (Å²) < 4.78 is 13.6. The zero-order chi connectivity index (χ0) is 47.3. The molecule has 0 amide bonds. The predicted octanol–water partition coefficient (Wildman–Crippen LogP) is 17.8. The molecule has 5 heteroatoms. The van der Waals surface area contributed by atoms with Crippen molar-refractivity contribution in [3.63, 3.8) is 0 Å². The Morgan fingerprint density at radius 1 is 0.333 bits per heavy atom. The highest BCUT2D eigenvalue weighted by atomic mass is 16.3. The van der Waals surface area contributed by atoms with E-state index in [0.717, 1.165) is 112 Å². The summed E-state index contributed by atoms with van der Waals surface area (Å²) in [5.74, 6) is 4.29. The lowest BCUT2D eigenvalue weighted by Crippen LogP contribution is -2.48. The lowest BCUT2D eigenvalue weighted by Gasteiger charge is -2.57. The molecule has 9 aromatic carbocycles. The summed E-state index contributed by atoms with van der Waals surface area (Å²) in [7, 11) is 0. The van der Waals surface area contributed by atoms with E-state index < -0.39 is 0 Å². The molecule has 0 atom stereocenters. The average Bonchev–Trinajstić information content (AvgIpc) is 4.02. The van der Waals surface area contributed by atoms with Crippen LogP contribution in [0, 0.1) is 17.8 Å². The van der Waals surface area contributed by atoms with Crippen molar-refractivity contribution >= 4 is 43.9 Å². The maximum atomic E-state index is 6.97. The monoisotopic (exact) mass is 927 g/mol. The van der Waals surface area contributed by atoms with Gasteiger partial charge in [0.15, 0.2) is 17.5 Å². The Bertz CT molecular complexity index is 4040. The van der Waals surface area contributed by atoms with E-state index in [0.29, 0.717) is 22.9 Å². The fourth-order valence-electron chi connectivity index (χ4n) is 13.6. The molecule has 4 bridgehead atoms. The predicted molar refractivity (Wildman–Crippen MR) is 292 cm³/mol. The summed E-state index contributed by atoms with van der Waals surface area (Å²) in [5, 5.41) is 4.18. The van der Waals surface area contributed by atoms with E-state index in [1.165, 1.54) is 55.2 Å². The fourth-order valence-corrected chi connectivity index (χ4v) is 13.6. The molecule has 0 radical (unpaired) electrons. The lowest BCUT2D eigenvalue weighted by molar-refractivity contribution is -0.00518. The second-order valence-electron chi connectivity index (χ2n) is 20.9. The van der Waals surface area contributed by atoms with Crippen LogP contribution < -0.4 is 0 Å². The van der Waals surface area contributed by atoms with Crippen LogP contribution in [0.25, 0.3) is 123 Å². The molecular weight excluding hydrogens is 879 g/mol. The first-order valence-corrected chi connectivity index (χ1v) is 25.6. The quantitative estimate of drug-likeness (QED) is 0.152. The molecule has 344 valence electrons. The summed E-state index contributed by atoms with van der Waals surface area (Å²) in [6.45, 7) is 0. The van der Waals surface area contributed by atoms with E-state index in [2.05, 4.69) is 188 Å². The summed E-state index contributed by atoms with van der Waals surface area (Å²) in [4.78, 5) is 16.3. The minimum Gasteiger partial charge on any atom is -0.455 e. The highest BCUT2D eigenvalue weighted by Crippen LogP contribution is 2.61. The van der Waals surface area contributed by atoms with Crippen molar-refractivity contribution in [1.82, 2.24) is 15.0 Å². The van der Waals surface area contributed by atoms with Gasteiger partial charge >= 0.3 is 0 Å². The molecule has 0 aliphatic heterocycles. The first-order chi connectivity index (χ1) is 35.6. The molecule has 5 nitrogen and oxygen atoms in total. The number of para-hydroxylation sites is 3. The van der Waals surface area contributed by atoms with E-state index in [9.17, 15) is 0 Å². The first-order valence-electron chi connectivity index (χ1n) is 25.6. The van der Waals surface area contributed by atoms with Crippen molar-refractivity contribution in [2.75, 3.05) is 0 Å². The highest BCUT2D eigenvalue weighted by molar-refractivity contribution is 6.16. The van der Waals surface area contributed by atoms with Crippen LogP contribution in [0.1, 0.15) is 44.1 Å². The van der Waals surface area contributed by atoms with Crippen LogP contribution in [0.2, 0.25) is 0 Å². The van der Waals surface area contributed by atoms with Crippen LogP contribution in [0.5, 0.6) is 0 Å².